The molecule has 0 saturated carbocycles. The molecule has 8 nitrogen and oxygen atoms in total. The normalized spacial score (nSPS) is 15.6. The van der Waals surface area contributed by atoms with Crippen molar-refractivity contribution in [1.82, 2.24) is 25.2 Å². The third-order valence-corrected chi connectivity index (χ3v) is 6.11. The molecule has 0 N–H and O–H groups in total. The van der Waals surface area contributed by atoms with E-state index in [2.05, 4.69) is 15.4 Å². The number of rotatable bonds is 6. The molecule has 32 heavy (non-hydrogen) atoms. The molecule has 2 aromatic carbocycles. The fourth-order valence-corrected chi connectivity index (χ4v) is 4.29. The Hall–Kier alpha value is -3.85. The van der Waals surface area contributed by atoms with Gasteiger partial charge in [0.05, 0.1) is 23.7 Å². The summed E-state index contributed by atoms with van der Waals surface area (Å²) >= 11 is 1.53. The number of carbonyl (C=O) groups excluding carboxylic acids is 1. The van der Waals surface area contributed by atoms with Crippen LogP contribution in [-0.4, -0.2) is 43.9 Å². The van der Waals surface area contributed by atoms with E-state index in [1.165, 1.54) is 21.1 Å². The molecule has 1 unspecified atom stereocenters. The van der Waals surface area contributed by atoms with Crippen LogP contribution in [0.1, 0.15) is 23.6 Å². The smallest absolute Gasteiger partial charge is 0.266 e. The van der Waals surface area contributed by atoms with E-state index in [0.717, 1.165) is 27.5 Å². The van der Waals surface area contributed by atoms with Crippen LogP contribution in [0.3, 0.4) is 0 Å². The summed E-state index contributed by atoms with van der Waals surface area (Å²) in [5, 5.41) is 20.7. The largest absolute Gasteiger partial charge is 0.497 e. The summed E-state index contributed by atoms with van der Waals surface area (Å²) in [6.45, 7) is -0.0450. The van der Waals surface area contributed by atoms with E-state index in [0.29, 0.717) is 12.2 Å². The first-order chi connectivity index (χ1) is 15.7. The Morgan fingerprint density at radius 1 is 1.09 bits per heavy atom. The number of tetrazole rings is 1. The fourth-order valence-electron chi connectivity index (χ4n) is 3.64. The van der Waals surface area contributed by atoms with Gasteiger partial charge in [0.15, 0.2) is 0 Å². The molecule has 2 aromatic heterocycles. The van der Waals surface area contributed by atoms with Crippen molar-refractivity contribution in [2.24, 2.45) is 5.10 Å². The number of hydrogen-bond acceptors (Lipinski definition) is 7. The Bertz CT molecular complexity index is 1240. The monoisotopic (exact) mass is 444 g/mol. The van der Waals surface area contributed by atoms with Gasteiger partial charge in [-0.2, -0.15) is 9.90 Å². The highest BCUT2D eigenvalue weighted by atomic mass is 32.1. The summed E-state index contributed by atoms with van der Waals surface area (Å²) in [7, 11) is 1.63. The number of hydrazone groups is 1. The van der Waals surface area contributed by atoms with Crippen LogP contribution in [0.15, 0.2) is 77.2 Å². The molecule has 0 spiro atoms. The minimum atomic E-state index is -0.219. The van der Waals surface area contributed by atoms with Gasteiger partial charge in [-0.15, -0.1) is 21.5 Å². The highest BCUT2D eigenvalue weighted by molar-refractivity contribution is 7.13. The van der Waals surface area contributed by atoms with Crippen LogP contribution in [0.4, 0.5) is 0 Å². The van der Waals surface area contributed by atoms with Crippen molar-refractivity contribution in [2.45, 2.75) is 19.0 Å². The fraction of sp³-hybridized carbons (Fsp3) is 0.174. The van der Waals surface area contributed by atoms with Crippen molar-refractivity contribution in [3.8, 4) is 16.5 Å². The molecule has 1 aliphatic heterocycles. The average molecular weight is 445 g/mol. The second-order valence-corrected chi connectivity index (χ2v) is 8.21. The van der Waals surface area contributed by atoms with Gasteiger partial charge in [-0.1, -0.05) is 48.5 Å². The van der Waals surface area contributed by atoms with Crippen LogP contribution in [0.5, 0.6) is 5.75 Å². The van der Waals surface area contributed by atoms with E-state index in [1.54, 1.807) is 7.11 Å². The lowest BCUT2D eigenvalue weighted by molar-refractivity contribution is -0.134. The van der Waals surface area contributed by atoms with Gasteiger partial charge in [-0.3, -0.25) is 4.79 Å². The van der Waals surface area contributed by atoms with Gasteiger partial charge in [0.2, 0.25) is 5.82 Å². The van der Waals surface area contributed by atoms with Crippen LogP contribution in [0.2, 0.25) is 0 Å². The van der Waals surface area contributed by atoms with E-state index in [9.17, 15) is 4.79 Å². The first-order valence-corrected chi connectivity index (χ1v) is 11.0. The third kappa shape index (κ3) is 4.02. The number of thiophene rings is 1. The molecule has 0 aliphatic carbocycles. The molecular weight excluding hydrogens is 424 g/mol. The number of methoxy groups -OCH3 is 1. The Balaban J connectivity index is 1.41. The van der Waals surface area contributed by atoms with Crippen molar-refractivity contribution < 1.29 is 9.53 Å². The lowest BCUT2D eigenvalue weighted by atomic mass is 9.98. The first kappa shape index (κ1) is 20.1. The standard InChI is InChI=1S/C23H20N6O2S/c1-31-18-11-9-17(10-12-18)20-14-19(16-6-3-2-4-7-16)25-29(20)22(30)15-28-26-23(24-27-28)21-8-5-13-32-21/h2-13,20H,14-15H2,1H3. The molecule has 0 bridgehead atoms. The zero-order valence-electron chi connectivity index (χ0n) is 17.3. The van der Waals surface area contributed by atoms with E-state index < -0.39 is 0 Å². The second-order valence-electron chi connectivity index (χ2n) is 7.26. The van der Waals surface area contributed by atoms with Crippen LogP contribution in [-0.2, 0) is 11.3 Å². The van der Waals surface area contributed by atoms with Crippen LogP contribution in [0, 0.1) is 0 Å². The minimum absolute atomic E-state index is 0.0450. The lowest BCUT2D eigenvalue weighted by Gasteiger charge is -2.22. The van der Waals surface area contributed by atoms with Gasteiger partial charge in [-0.25, -0.2) is 5.01 Å². The van der Waals surface area contributed by atoms with Crippen LogP contribution >= 0.6 is 11.3 Å². The van der Waals surface area contributed by atoms with E-state index in [1.807, 2.05) is 72.1 Å². The van der Waals surface area contributed by atoms with Crippen molar-refractivity contribution in [3.63, 3.8) is 0 Å². The maximum Gasteiger partial charge on any atom is 0.266 e. The van der Waals surface area contributed by atoms with Crippen LogP contribution in [0.25, 0.3) is 10.7 Å². The molecule has 9 heteroatoms. The Morgan fingerprint density at radius 3 is 2.62 bits per heavy atom. The van der Waals surface area contributed by atoms with E-state index in [4.69, 9.17) is 9.84 Å². The SMILES string of the molecule is COc1ccc(C2CC(c3ccccc3)=NN2C(=O)Cn2nnc(-c3cccs3)n2)cc1. The molecule has 5 rings (SSSR count). The molecule has 0 saturated heterocycles. The predicted molar refractivity (Wildman–Crippen MR) is 121 cm³/mol. The summed E-state index contributed by atoms with van der Waals surface area (Å²) in [4.78, 5) is 15.5. The molecular formula is C23H20N6O2S. The molecule has 1 amide bonds. The van der Waals surface area contributed by atoms with Gasteiger partial charge >= 0.3 is 0 Å². The van der Waals surface area contributed by atoms with Gasteiger partial charge in [0.1, 0.15) is 12.3 Å². The molecule has 4 aromatic rings. The average Bonchev–Trinajstić information content (AvgIpc) is 3.60. The Kier molecular flexibility index (Phi) is 5.47. The van der Waals surface area contributed by atoms with Gasteiger partial charge in [-0.05, 0) is 39.9 Å². The molecule has 3 heterocycles. The van der Waals surface area contributed by atoms with E-state index in [-0.39, 0.29) is 18.5 Å². The Labute approximate surface area is 188 Å². The molecule has 0 radical (unpaired) electrons. The molecule has 0 fully saturated rings. The topological polar surface area (TPSA) is 85.5 Å². The molecule has 1 aliphatic rings. The second kappa shape index (κ2) is 8.72. The summed E-state index contributed by atoms with van der Waals surface area (Å²) < 4.78 is 5.27. The Morgan fingerprint density at radius 2 is 1.91 bits per heavy atom. The van der Waals surface area contributed by atoms with Crippen LogP contribution < -0.4 is 4.74 Å². The number of nitrogens with zero attached hydrogens (tertiary/aromatic N) is 6. The predicted octanol–water partition coefficient (Wildman–Crippen LogP) is 3.79. The lowest BCUT2D eigenvalue weighted by Crippen LogP contribution is -2.31. The summed E-state index contributed by atoms with van der Waals surface area (Å²) in [6.07, 6.45) is 0.618. The van der Waals surface area contributed by atoms with Gasteiger partial charge in [0.25, 0.3) is 5.91 Å². The number of aromatic nitrogens is 4. The number of amides is 1. The highest BCUT2D eigenvalue weighted by Gasteiger charge is 2.33. The minimum Gasteiger partial charge on any atom is -0.497 e. The zero-order chi connectivity index (χ0) is 21.9. The molecule has 160 valence electrons. The number of carbonyl (C=O) groups is 1. The van der Waals surface area contributed by atoms with Gasteiger partial charge < -0.3 is 4.74 Å². The third-order valence-electron chi connectivity index (χ3n) is 5.24. The quantitative estimate of drug-likeness (QED) is 0.452. The summed E-state index contributed by atoms with van der Waals surface area (Å²) in [5.74, 6) is 1.07. The first-order valence-electron chi connectivity index (χ1n) is 10.1. The zero-order valence-corrected chi connectivity index (χ0v) is 18.1. The van der Waals surface area contributed by atoms with Gasteiger partial charge in [0, 0.05) is 6.42 Å². The summed E-state index contributed by atoms with van der Waals surface area (Å²) in [5.41, 5.74) is 2.85. The highest BCUT2D eigenvalue weighted by Crippen LogP contribution is 2.33. The summed E-state index contributed by atoms with van der Waals surface area (Å²) in [6, 6.07) is 21.3. The van der Waals surface area contributed by atoms with Crippen molar-refractivity contribution in [2.75, 3.05) is 7.11 Å². The van der Waals surface area contributed by atoms with Crippen molar-refractivity contribution in [3.05, 3.63) is 83.2 Å². The number of ether oxygens (including phenoxy) is 1. The maximum atomic E-state index is 13.3. The maximum absolute atomic E-state index is 13.3. The number of benzene rings is 2. The van der Waals surface area contributed by atoms with Crippen molar-refractivity contribution >= 4 is 23.0 Å². The van der Waals surface area contributed by atoms with Crippen molar-refractivity contribution in [1.29, 1.82) is 0 Å². The molecule has 1 atom stereocenters. The number of hydrogen-bond donors (Lipinski definition) is 0. The van der Waals surface area contributed by atoms with E-state index >= 15 is 0 Å².